The number of hydrogen-bond acceptors (Lipinski definition) is 3. The quantitative estimate of drug-likeness (QED) is 0.541. The van der Waals surface area contributed by atoms with Gasteiger partial charge in [0.15, 0.2) is 0 Å². The first-order chi connectivity index (χ1) is 6.27. The van der Waals surface area contributed by atoms with Crippen LogP contribution in [0.5, 0.6) is 0 Å². The van der Waals surface area contributed by atoms with Crippen molar-refractivity contribution in [2.75, 3.05) is 12.0 Å². The third-order valence-corrected chi connectivity index (χ3v) is 3.80. The van der Waals surface area contributed by atoms with Crippen LogP contribution in [0.1, 0.15) is 32.6 Å². The van der Waals surface area contributed by atoms with E-state index in [1.54, 1.807) is 0 Å². The Morgan fingerprint density at radius 3 is 2.85 bits per heavy atom. The topological polar surface area (TPSA) is 38.0 Å². The van der Waals surface area contributed by atoms with Crippen molar-refractivity contribution >= 4 is 11.8 Å². The van der Waals surface area contributed by atoms with Gasteiger partial charge in [-0.15, -0.1) is 0 Å². The molecule has 0 aromatic heterocycles. The maximum atomic E-state index is 5.57. The van der Waals surface area contributed by atoms with E-state index >= 15 is 0 Å². The maximum absolute atomic E-state index is 5.57. The molecule has 0 aliphatic heterocycles. The van der Waals surface area contributed by atoms with Crippen LogP contribution in [0.3, 0.4) is 0 Å². The van der Waals surface area contributed by atoms with Crippen molar-refractivity contribution in [3.05, 3.63) is 0 Å². The minimum absolute atomic E-state index is 0.526. The molecule has 0 heterocycles. The summed E-state index contributed by atoms with van der Waals surface area (Å²) in [6.07, 6.45) is 7.66. The fraction of sp³-hybridized carbons (Fsp3) is 1.00. The molecule has 0 aromatic carbocycles. The molecular weight excluding hydrogens is 180 g/mol. The Morgan fingerprint density at radius 1 is 1.54 bits per heavy atom. The molecule has 1 fully saturated rings. The molecular formula is C10H22N2S. The van der Waals surface area contributed by atoms with Crippen molar-refractivity contribution in [1.29, 1.82) is 0 Å². The Hall–Kier alpha value is 0.270. The van der Waals surface area contributed by atoms with Gasteiger partial charge in [-0.3, -0.25) is 11.3 Å². The summed E-state index contributed by atoms with van der Waals surface area (Å²) in [5.74, 6) is 8.42. The van der Waals surface area contributed by atoms with E-state index < -0.39 is 0 Å². The maximum Gasteiger partial charge on any atom is 0.0329 e. The zero-order chi connectivity index (χ0) is 9.68. The first-order valence-corrected chi connectivity index (χ1v) is 6.62. The first kappa shape index (κ1) is 11.3. The number of rotatable bonds is 4. The average Bonchev–Trinajstić information content (AvgIpc) is 2.14. The summed E-state index contributed by atoms with van der Waals surface area (Å²) < 4.78 is 0. The lowest BCUT2D eigenvalue weighted by Gasteiger charge is -2.32. The van der Waals surface area contributed by atoms with E-state index in [9.17, 15) is 0 Å². The molecule has 3 N–H and O–H groups in total. The van der Waals surface area contributed by atoms with E-state index in [-0.39, 0.29) is 0 Å². The van der Waals surface area contributed by atoms with E-state index in [1.807, 2.05) is 11.8 Å². The zero-order valence-corrected chi connectivity index (χ0v) is 9.57. The molecule has 3 unspecified atom stereocenters. The van der Waals surface area contributed by atoms with E-state index in [2.05, 4.69) is 18.6 Å². The Kier molecular flexibility index (Phi) is 5.14. The van der Waals surface area contributed by atoms with Gasteiger partial charge in [-0.1, -0.05) is 19.8 Å². The molecule has 3 atom stereocenters. The molecule has 13 heavy (non-hydrogen) atoms. The average molecular weight is 202 g/mol. The second-order valence-corrected chi connectivity index (χ2v) is 5.17. The van der Waals surface area contributed by atoms with Gasteiger partial charge in [0.2, 0.25) is 0 Å². The van der Waals surface area contributed by atoms with Crippen LogP contribution in [0.2, 0.25) is 0 Å². The third-order valence-electron chi connectivity index (χ3n) is 3.11. The number of thioether (sulfide) groups is 1. The van der Waals surface area contributed by atoms with Crippen LogP contribution in [0, 0.1) is 11.8 Å². The van der Waals surface area contributed by atoms with Gasteiger partial charge in [0.1, 0.15) is 0 Å². The van der Waals surface area contributed by atoms with Gasteiger partial charge in [0.05, 0.1) is 0 Å². The molecule has 2 nitrogen and oxygen atoms in total. The second-order valence-electron chi connectivity index (χ2n) is 4.26. The smallest absolute Gasteiger partial charge is 0.0329 e. The van der Waals surface area contributed by atoms with Crippen LogP contribution in [0.4, 0.5) is 0 Å². The minimum atomic E-state index is 0.526. The molecule has 0 radical (unpaired) electrons. The van der Waals surface area contributed by atoms with Gasteiger partial charge in [0, 0.05) is 11.8 Å². The predicted octanol–water partition coefficient (Wildman–Crippen LogP) is 2.01. The predicted molar refractivity (Wildman–Crippen MR) is 60.6 cm³/mol. The summed E-state index contributed by atoms with van der Waals surface area (Å²) in [7, 11) is 0. The monoisotopic (exact) mass is 202 g/mol. The fourth-order valence-corrected chi connectivity index (χ4v) is 3.07. The summed E-state index contributed by atoms with van der Waals surface area (Å²) >= 11 is 1.89. The summed E-state index contributed by atoms with van der Waals surface area (Å²) in [6, 6.07) is 0.526. The van der Waals surface area contributed by atoms with Crippen LogP contribution in [0.25, 0.3) is 0 Å². The van der Waals surface area contributed by atoms with Gasteiger partial charge in [0.25, 0.3) is 0 Å². The lowest BCUT2D eigenvalue weighted by Crippen LogP contribution is -2.44. The lowest BCUT2D eigenvalue weighted by molar-refractivity contribution is 0.235. The van der Waals surface area contributed by atoms with E-state index in [4.69, 9.17) is 5.84 Å². The van der Waals surface area contributed by atoms with Gasteiger partial charge >= 0.3 is 0 Å². The molecule has 0 spiro atoms. The third kappa shape index (κ3) is 3.49. The van der Waals surface area contributed by atoms with Gasteiger partial charge in [-0.25, -0.2) is 0 Å². The van der Waals surface area contributed by atoms with E-state index in [1.165, 1.54) is 25.7 Å². The molecule has 0 aromatic rings. The summed E-state index contributed by atoms with van der Waals surface area (Å²) in [5, 5.41) is 0. The van der Waals surface area contributed by atoms with Crippen molar-refractivity contribution in [1.82, 2.24) is 5.43 Å². The van der Waals surface area contributed by atoms with Crippen molar-refractivity contribution < 1.29 is 0 Å². The van der Waals surface area contributed by atoms with Gasteiger partial charge < -0.3 is 0 Å². The molecule has 1 aliphatic carbocycles. The fourth-order valence-electron chi connectivity index (χ4n) is 2.35. The highest BCUT2D eigenvalue weighted by atomic mass is 32.2. The largest absolute Gasteiger partial charge is 0.271 e. The SMILES string of the molecule is CSCC(NN)C1CCCC(C)C1. The second kappa shape index (κ2) is 5.89. The number of hydrazine groups is 1. The number of nitrogens with two attached hydrogens (primary N) is 1. The number of hydrogen-bond donors (Lipinski definition) is 2. The Balaban J connectivity index is 2.37. The molecule has 1 rings (SSSR count). The minimum Gasteiger partial charge on any atom is -0.271 e. The van der Waals surface area contributed by atoms with E-state index in [0.717, 1.165) is 17.6 Å². The zero-order valence-electron chi connectivity index (χ0n) is 8.75. The molecule has 0 amide bonds. The van der Waals surface area contributed by atoms with Crippen molar-refractivity contribution in [3.63, 3.8) is 0 Å². The van der Waals surface area contributed by atoms with Crippen LogP contribution >= 0.6 is 11.8 Å². The Morgan fingerprint density at radius 2 is 2.31 bits per heavy atom. The van der Waals surface area contributed by atoms with Crippen LogP contribution in [0.15, 0.2) is 0 Å². The van der Waals surface area contributed by atoms with Crippen LogP contribution in [-0.4, -0.2) is 18.1 Å². The normalized spacial score (nSPS) is 31.6. The first-order valence-electron chi connectivity index (χ1n) is 5.23. The van der Waals surface area contributed by atoms with Crippen LogP contribution < -0.4 is 11.3 Å². The molecule has 3 heteroatoms. The Labute approximate surface area is 86.0 Å². The summed E-state index contributed by atoms with van der Waals surface area (Å²) in [5.41, 5.74) is 2.97. The highest BCUT2D eigenvalue weighted by Gasteiger charge is 2.25. The number of nitrogens with one attached hydrogen (secondary N) is 1. The van der Waals surface area contributed by atoms with Gasteiger partial charge in [-0.05, 0) is 30.9 Å². The highest BCUT2D eigenvalue weighted by Crippen LogP contribution is 2.31. The highest BCUT2D eigenvalue weighted by molar-refractivity contribution is 7.98. The van der Waals surface area contributed by atoms with Crippen molar-refractivity contribution in [2.45, 2.75) is 38.6 Å². The molecule has 1 saturated carbocycles. The van der Waals surface area contributed by atoms with Crippen molar-refractivity contribution in [3.8, 4) is 0 Å². The van der Waals surface area contributed by atoms with E-state index in [0.29, 0.717) is 6.04 Å². The Bertz CT molecular complexity index is 141. The lowest BCUT2D eigenvalue weighted by atomic mass is 9.79. The van der Waals surface area contributed by atoms with Gasteiger partial charge in [-0.2, -0.15) is 11.8 Å². The molecule has 78 valence electrons. The standard InChI is InChI=1S/C10H22N2S/c1-8-4-3-5-9(6-8)10(12-11)7-13-2/h8-10,12H,3-7,11H2,1-2H3. The van der Waals surface area contributed by atoms with Crippen molar-refractivity contribution in [2.24, 2.45) is 17.7 Å². The molecule has 0 saturated heterocycles. The molecule has 0 bridgehead atoms. The summed E-state index contributed by atoms with van der Waals surface area (Å²) in [6.45, 7) is 2.36. The molecule has 1 aliphatic rings. The van der Waals surface area contributed by atoms with Crippen LogP contribution in [-0.2, 0) is 0 Å². The summed E-state index contributed by atoms with van der Waals surface area (Å²) in [4.78, 5) is 0.